The number of fused-ring (bicyclic) bond motifs is 2. The lowest BCUT2D eigenvalue weighted by molar-refractivity contribution is -0.0347. The highest BCUT2D eigenvalue weighted by molar-refractivity contribution is 5.98. The number of aromatic nitrogens is 4. The minimum absolute atomic E-state index is 0.148. The average molecular weight is 515 g/mol. The molecule has 196 valence electrons. The Morgan fingerprint density at radius 1 is 1.00 bits per heavy atom. The summed E-state index contributed by atoms with van der Waals surface area (Å²) in [6.45, 7) is 0.896. The molecule has 0 unspecified atom stereocenters. The Labute approximate surface area is 218 Å². The summed E-state index contributed by atoms with van der Waals surface area (Å²) >= 11 is 0. The maximum Gasteiger partial charge on any atom is 0.419 e. The Morgan fingerprint density at radius 3 is 2.53 bits per heavy atom. The summed E-state index contributed by atoms with van der Waals surface area (Å²) in [6.07, 6.45) is 8.20. The molecule has 0 saturated heterocycles. The smallest absolute Gasteiger partial charge is 0.408 e. The molecule has 4 aliphatic carbocycles. The molecule has 4 bridgehead atoms. The SMILES string of the molecule is Cn1c(=O)oc2ccc(CNC(=O)c3cc(C(=O)NCC4C5CC6CC(C5)CC4C6)n4nccc4n3)cc21. The van der Waals surface area contributed by atoms with Gasteiger partial charge in [-0.1, -0.05) is 6.07 Å². The molecule has 4 fully saturated rings. The van der Waals surface area contributed by atoms with E-state index in [9.17, 15) is 14.4 Å². The minimum Gasteiger partial charge on any atom is -0.408 e. The maximum atomic E-state index is 13.3. The van der Waals surface area contributed by atoms with Gasteiger partial charge in [0, 0.05) is 32.3 Å². The van der Waals surface area contributed by atoms with Crippen LogP contribution in [0.15, 0.2) is 45.7 Å². The summed E-state index contributed by atoms with van der Waals surface area (Å²) in [6, 6.07) is 8.49. The van der Waals surface area contributed by atoms with Crippen LogP contribution in [-0.2, 0) is 13.6 Å². The van der Waals surface area contributed by atoms with Crippen molar-refractivity contribution in [2.45, 2.75) is 38.6 Å². The predicted molar refractivity (Wildman–Crippen MR) is 138 cm³/mol. The second-order valence-electron chi connectivity index (χ2n) is 11.3. The number of benzene rings is 1. The normalized spacial score (nSPS) is 25.8. The highest BCUT2D eigenvalue weighted by atomic mass is 16.4. The van der Waals surface area contributed by atoms with E-state index in [1.807, 2.05) is 0 Å². The Balaban J connectivity index is 1.07. The van der Waals surface area contributed by atoms with E-state index in [1.54, 1.807) is 37.5 Å². The first kappa shape index (κ1) is 23.2. The molecule has 4 aliphatic rings. The third-order valence-corrected chi connectivity index (χ3v) is 9.05. The first-order valence-electron chi connectivity index (χ1n) is 13.4. The standard InChI is InChI=1S/C28H30N6O4/c1-33-22-11-15(2-3-24(22)38-28(33)37)13-29-26(35)21-12-23(34-25(32-21)4-5-31-34)27(36)30-14-20-18-7-16-6-17(9-18)10-19(20)8-16/h2-5,11-12,16-20H,6-10,13-14H2,1H3,(H,29,35)(H,30,36). The van der Waals surface area contributed by atoms with Crippen molar-refractivity contribution in [2.24, 2.45) is 36.6 Å². The second kappa shape index (κ2) is 8.82. The van der Waals surface area contributed by atoms with Crippen molar-refractivity contribution in [2.75, 3.05) is 6.54 Å². The highest BCUT2D eigenvalue weighted by Gasteiger charge is 2.48. The fourth-order valence-corrected chi connectivity index (χ4v) is 7.42. The number of oxazole rings is 1. The molecule has 38 heavy (non-hydrogen) atoms. The van der Waals surface area contributed by atoms with Crippen molar-refractivity contribution >= 4 is 28.6 Å². The van der Waals surface area contributed by atoms with Gasteiger partial charge in [0.25, 0.3) is 11.8 Å². The minimum atomic E-state index is -0.436. The molecule has 0 spiro atoms. The van der Waals surface area contributed by atoms with Crippen LogP contribution in [0.4, 0.5) is 0 Å². The molecule has 0 radical (unpaired) electrons. The van der Waals surface area contributed by atoms with Crippen molar-refractivity contribution in [3.05, 3.63) is 64.0 Å². The van der Waals surface area contributed by atoms with E-state index in [0.29, 0.717) is 34.9 Å². The van der Waals surface area contributed by atoms with Gasteiger partial charge in [-0.05, 0) is 79.4 Å². The van der Waals surface area contributed by atoms with Crippen molar-refractivity contribution in [3.63, 3.8) is 0 Å². The number of hydrogen-bond acceptors (Lipinski definition) is 6. The Hall–Kier alpha value is -3.95. The quantitative estimate of drug-likeness (QED) is 0.408. The third-order valence-electron chi connectivity index (χ3n) is 9.05. The first-order chi connectivity index (χ1) is 18.4. The van der Waals surface area contributed by atoms with Crippen molar-refractivity contribution in [1.29, 1.82) is 0 Å². The van der Waals surface area contributed by atoms with E-state index >= 15 is 0 Å². The molecule has 2 N–H and O–H groups in total. The monoisotopic (exact) mass is 514 g/mol. The van der Waals surface area contributed by atoms with Gasteiger partial charge in [-0.25, -0.2) is 14.3 Å². The van der Waals surface area contributed by atoms with E-state index in [2.05, 4.69) is 20.7 Å². The molecule has 4 saturated carbocycles. The zero-order chi connectivity index (χ0) is 26.0. The Morgan fingerprint density at radius 2 is 1.76 bits per heavy atom. The van der Waals surface area contributed by atoms with Crippen LogP contribution in [0.1, 0.15) is 58.6 Å². The third kappa shape index (κ3) is 3.90. The molecule has 2 amide bonds. The number of nitrogens with one attached hydrogen (secondary N) is 2. The molecule has 0 aliphatic heterocycles. The first-order valence-corrected chi connectivity index (χ1v) is 13.4. The molecule has 10 heteroatoms. The number of nitrogens with zero attached hydrogens (tertiary/aromatic N) is 4. The predicted octanol–water partition coefficient (Wildman–Crippen LogP) is 2.91. The van der Waals surface area contributed by atoms with Crippen LogP contribution >= 0.6 is 0 Å². The van der Waals surface area contributed by atoms with Crippen LogP contribution in [0.2, 0.25) is 0 Å². The van der Waals surface area contributed by atoms with Crippen molar-refractivity contribution in [1.82, 2.24) is 29.8 Å². The maximum absolute atomic E-state index is 13.3. The van der Waals surface area contributed by atoms with Gasteiger partial charge in [-0.15, -0.1) is 0 Å². The van der Waals surface area contributed by atoms with Gasteiger partial charge < -0.3 is 15.1 Å². The molecular formula is C28H30N6O4. The van der Waals surface area contributed by atoms with E-state index < -0.39 is 11.7 Å². The van der Waals surface area contributed by atoms with E-state index in [4.69, 9.17) is 4.42 Å². The molecule has 10 nitrogen and oxygen atoms in total. The van der Waals surface area contributed by atoms with Crippen LogP contribution in [0.25, 0.3) is 16.7 Å². The summed E-state index contributed by atoms with van der Waals surface area (Å²) < 4.78 is 8.07. The second-order valence-corrected chi connectivity index (χ2v) is 11.3. The number of carbonyl (C=O) groups is 2. The lowest BCUT2D eigenvalue weighted by Gasteiger charge is -2.54. The Bertz CT molecular complexity index is 1600. The fraction of sp³-hybridized carbons (Fsp3) is 0.464. The fourth-order valence-electron chi connectivity index (χ4n) is 7.42. The van der Waals surface area contributed by atoms with Crippen LogP contribution in [0.3, 0.4) is 0 Å². The molecule has 8 rings (SSSR count). The van der Waals surface area contributed by atoms with E-state index in [-0.39, 0.29) is 18.1 Å². The summed E-state index contributed by atoms with van der Waals surface area (Å²) in [5.41, 5.74) is 2.83. The van der Waals surface area contributed by atoms with Crippen LogP contribution in [-0.4, -0.2) is 37.5 Å². The van der Waals surface area contributed by atoms with Crippen molar-refractivity contribution in [3.8, 4) is 0 Å². The number of hydrogen-bond donors (Lipinski definition) is 2. The van der Waals surface area contributed by atoms with Crippen molar-refractivity contribution < 1.29 is 14.0 Å². The molecule has 3 heterocycles. The van der Waals surface area contributed by atoms with E-state index in [0.717, 1.165) is 29.2 Å². The van der Waals surface area contributed by atoms with E-state index in [1.165, 1.54) is 47.3 Å². The van der Waals surface area contributed by atoms with Gasteiger partial charge in [0.15, 0.2) is 11.2 Å². The number of aryl methyl sites for hydroxylation is 1. The summed E-state index contributed by atoms with van der Waals surface area (Å²) in [4.78, 5) is 42.6. The number of amides is 2. The van der Waals surface area contributed by atoms with Crippen LogP contribution in [0, 0.1) is 29.6 Å². The molecule has 0 atom stereocenters. The molecule has 3 aromatic heterocycles. The van der Waals surface area contributed by atoms with Gasteiger partial charge in [0.1, 0.15) is 11.4 Å². The largest absolute Gasteiger partial charge is 0.419 e. The molecule has 4 aromatic rings. The molecule has 1 aromatic carbocycles. The summed E-state index contributed by atoms with van der Waals surface area (Å²) in [5, 5.41) is 10.3. The van der Waals surface area contributed by atoms with Crippen LogP contribution < -0.4 is 16.4 Å². The van der Waals surface area contributed by atoms with Gasteiger partial charge in [-0.3, -0.25) is 14.2 Å². The van der Waals surface area contributed by atoms with Gasteiger partial charge in [0.05, 0.1) is 11.7 Å². The highest BCUT2D eigenvalue weighted by Crippen LogP contribution is 2.56. The topological polar surface area (TPSA) is 124 Å². The van der Waals surface area contributed by atoms with Gasteiger partial charge in [-0.2, -0.15) is 5.10 Å². The zero-order valence-corrected chi connectivity index (χ0v) is 21.2. The van der Waals surface area contributed by atoms with Crippen LogP contribution in [0.5, 0.6) is 0 Å². The Kier molecular flexibility index (Phi) is 5.38. The van der Waals surface area contributed by atoms with Gasteiger partial charge >= 0.3 is 5.76 Å². The molecular weight excluding hydrogens is 484 g/mol. The average Bonchev–Trinajstić information content (AvgIpc) is 3.49. The lowest BCUT2D eigenvalue weighted by Crippen LogP contribution is -2.49. The lowest BCUT2D eigenvalue weighted by atomic mass is 9.52. The number of carbonyl (C=O) groups excluding carboxylic acids is 2. The summed E-state index contributed by atoms with van der Waals surface area (Å²) in [7, 11) is 1.64. The zero-order valence-electron chi connectivity index (χ0n) is 21.2. The number of rotatable bonds is 6. The summed E-state index contributed by atoms with van der Waals surface area (Å²) in [5.74, 6) is 2.69. The van der Waals surface area contributed by atoms with Gasteiger partial charge in [0.2, 0.25) is 0 Å².